The Hall–Kier alpha value is -0.980. The minimum Gasteiger partial charge on any atom is -0.493 e. The number of aryl methyl sites for hydroxylation is 2. The van der Waals surface area contributed by atoms with E-state index in [2.05, 4.69) is 25.1 Å². The van der Waals surface area contributed by atoms with Gasteiger partial charge in [-0.05, 0) is 30.4 Å². The third-order valence-electron chi connectivity index (χ3n) is 2.40. The largest absolute Gasteiger partial charge is 0.493 e. The van der Waals surface area contributed by atoms with Gasteiger partial charge in [0.2, 0.25) is 0 Å². The molecule has 0 atom stereocenters. The van der Waals surface area contributed by atoms with Gasteiger partial charge in [-0.15, -0.1) is 0 Å². The molecule has 2 rings (SSSR count). The van der Waals surface area contributed by atoms with E-state index in [1.807, 2.05) is 0 Å². The highest BCUT2D eigenvalue weighted by Gasteiger charge is 2.12. The molecule has 0 aromatic heterocycles. The van der Waals surface area contributed by atoms with Crippen LogP contribution >= 0.6 is 0 Å². The smallest absolute Gasteiger partial charge is 0.125 e. The van der Waals surface area contributed by atoms with Crippen LogP contribution in [0, 0.1) is 0 Å². The fourth-order valence-electron chi connectivity index (χ4n) is 1.74. The lowest BCUT2D eigenvalue weighted by atomic mass is 10.0. The van der Waals surface area contributed by atoms with Crippen LogP contribution in [0.25, 0.3) is 0 Å². The molecule has 0 N–H and O–H groups in total. The van der Waals surface area contributed by atoms with Crippen molar-refractivity contribution in [2.75, 3.05) is 6.61 Å². The summed E-state index contributed by atoms with van der Waals surface area (Å²) in [7, 11) is 0. The van der Waals surface area contributed by atoms with Crippen molar-refractivity contribution in [3.05, 3.63) is 29.3 Å². The average Bonchev–Trinajstić information content (AvgIpc) is 2.17. The fourth-order valence-corrected chi connectivity index (χ4v) is 1.74. The molecular weight excluding hydrogens is 148 g/mol. The van der Waals surface area contributed by atoms with Crippen molar-refractivity contribution < 1.29 is 4.74 Å². The minimum absolute atomic E-state index is 0.893. The Bertz CT molecular complexity index is 264. The summed E-state index contributed by atoms with van der Waals surface area (Å²) in [6.45, 7) is 3.07. The van der Waals surface area contributed by atoms with E-state index >= 15 is 0 Å². The van der Waals surface area contributed by atoms with E-state index in [9.17, 15) is 0 Å². The van der Waals surface area contributed by atoms with Gasteiger partial charge >= 0.3 is 0 Å². The Morgan fingerprint density at radius 3 is 3.17 bits per heavy atom. The standard InChI is InChI=1S/C11H14O/c1-2-9-5-3-6-10-7-4-8-12-11(9)10/h3,5-6H,2,4,7-8H2,1H3. The second kappa shape index (κ2) is 3.18. The van der Waals surface area contributed by atoms with Crippen molar-refractivity contribution in [3.8, 4) is 5.75 Å². The van der Waals surface area contributed by atoms with Gasteiger partial charge in [0.15, 0.2) is 0 Å². The van der Waals surface area contributed by atoms with Crippen LogP contribution in [0.4, 0.5) is 0 Å². The second-order valence-corrected chi connectivity index (χ2v) is 3.21. The van der Waals surface area contributed by atoms with Crippen molar-refractivity contribution >= 4 is 0 Å². The number of benzene rings is 1. The molecule has 1 heterocycles. The maximum atomic E-state index is 5.65. The molecule has 0 fully saturated rings. The van der Waals surface area contributed by atoms with E-state index in [1.54, 1.807) is 0 Å². The van der Waals surface area contributed by atoms with Crippen LogP contribution in [0.5, 0.6) is 5.75 Å². The summed E-state index contributed by atoms with van der Waals surface area (Å²) in [5, 5.41) is 0. The minimum atomic E-state index is 0.893. The number of ether oxygens (including phenoxy) is 1. The zero-order valence-corrected chi connectivity index (χ0v) is 7.47. The summed E-state index contributed by atoms with van der Waals surface area (Å²) < 4.78 is 5.65. The third kappa shape index (κ3) is 1.20. The number of para-hydroxylation sites is 1. The molecule has 1 aliphatic heterocycles. The fraction of sp³-hybridized carbons (Fsp3) is 0.455. The molecule has 1 nitrogen and oxygen atoms in total. The number of rotatable bonds is 1. The zero-order valence-electron chi connectivity index (χ0n) is 7.47. The molecule has 0 aliphatic carbocycles. The van der Waals surface area contributed by atoms with Crippen LogP contribution in [0.2, 0.25) is 0 Å². The molecule has 0 unspecified atom stereocenters. The highest BCUT2D eigenvalue weighted by Crippen LogP contribution is 2.28. The number of hydrogen-bond acceptors (Lipinski definition) is 1. The van der Waals surface area contributed by atoms with Gasteiger partial charge in [-0.1, -0.05) is 25.1 Å². The number of fused-ring (bicyclic) bond motifs is 1. The molecule has 12 heavy (non-hydrogen) atoms. The average molecular weight is 162 g/mol. The van der Waals surface area contributed by atoms with Gasteiger partial charge in [0.25, 0.3) is 0 Å². The Balaban J connectivity index is 2.44. The van der Waals surface area contributed by atoms with Gasteiger partial charge in [0, 0.05) is 0 Å². The second-order valence-electron chi connectivity index (χ2n) is 3.21. The lowest BCUT2D eigenvalue weighted by Crippen LogP contribution is -2.09. The Morgan fingerprint density at radius 2 is 2.33 bits per heavy atom. The molecule has 0 saturated carbocycles. The predicted octanol–water partition coefficient (Wildman–Crippen LogP) is 2.57. The summed E-state index contributed by atoms with van der Waals surface area (Å²) in [4.78, 5) is 0. The molecule has 1 aromatic rings. The van der Waals surface area contributed by atoms with E-state index in [1.165, 1.54) is 24.0 Å². The Labute approximate surface area is 73.4 Å². The molecular formula is C11H14O. The molecule has 0 bridgehead atoms. The molecule has 64 valence electrons. The Morgan fingerprint density at radius 1 is 1.42 bits per heavy atom. The van der Waals surface area contributed by atoms with E-state index < -0.39 is 0 Å². The first-order valence-corrected chi connectivity index (χ1v) is 4.65. The Kier molecular flexibility index (Phi) is 2.03. The van der Waals surface area contributed by atoms with Crippen LogP contribution < -0.4 is 4.74 Å². The van der Waals surface area contributed by atoms with Gasteiger partial charge in [-0.2, -0.15) is 0 Å². The monoisotopic (exact) mass is 162 g/mol. The molecule has 1 aromatic carbocycles. The van der Waals surface area contributed by atoms with Crippen LogP contribution in [0.15, 0.2) is 18.2 Å². The van der Waals surface area contributed by atoms with Crippen molar-refractivity contribution in [3.63, 3.8) is 0 Å². The maximum Gasteiger partial charge on any atom is 0.125 e. The zero-order chi connectivity index (χ0) is 8.39. The van der Waals surface area contributed by atoms with Crippen LogP contribution in [0.3, 0.4) is 0 Å². The molecule has 0 spiro atoms. The summed E-state index contributed by atoms with van der Waals surface area (Å²) in [6, 6.07) is 6.46. The summed E-state index contributed by atoms with van der Waals surface area (Å²) in [5.41, 5.74) is 2.74. The first kappa shape index (κ1) is 7.66. The van der Waals surface area contributed by atoms with Crippen molar-refractivity contribution in [1.82, 2.24) is 0 Å². The highest BCUT2D eigenvalue weighted by molar-refractivity contribution is 5.42. The third-order valence-corrected chi connectivity index (χ3v) is 2.40. The quantitative estimate of drug-likeness (QED) is 0.616. The van der Waals surface area contributed by atoms with E-state index in [4.69, 9.17) is 4.74 Å². The van der Waals surface area contributed by atoms with Gasteiger partial charge in [-0.25, -0.2) is 0 Å². The van der Waals surface area contributed by atoms with Gasteiger partial charge in [0.05, 0.1) is 6.61 Å². The van der Waals surface area contributed by atoms with Gasteiger partial charge in [-0.3, -0.25) is 0 Å². The van der Waals surface area contributed by atoms with E-state index in [0.717, 1.165) is 18.8 Å². The first-order chi connectivity index (χ1) is 5.92. The van der Waals surface area contributed by atoms with Crippen LogP contribution in [-0.2, 0) is 12.8 Å². The van der Waals surface area contributed by atoms with Crippen LogP contribution in [-0.4, -0.2) is 6.61 Å². The normalized spacial score (nSPS) is 15.1. The van der Waals surface area contributed by atoms with Gasteiger partial charge in [0.1, 0.15) is 5.75 Å². The van der Waals surface area contributed by atoms with E-state index in [-0.39, 0.29) is 0 Å². The lowest BCUT2D eigenvalue weighted by molar-refractivity contribution is 0.285. The van der Waals surface area contributed by atoms with E-state index in [0.29, 0.717) is 0 Å². The molecule has 1 heteroatoms. The molecule has 1 aliphatic rings. The number of hydrogen-bond donors (Lipinski definition) is 0. The first-order valence-electron chi connectivity index (χ1n) is 4.65. The summed E-state index contributed by atoms with van der Waals surface area (Å²) >= 11 is 0. The highest BCUT2D eigenvalue weighted by atomic mass is 16.5. The van der Waals surface area contributed by atoms with Crippen LogP contribution in [0.1, 0.15) is 24.5 Å². The molecule has 0 radical (unpaired) electrons. The molecule has 0 saturated heterocycles. The SMILES string of the molecule is CCc1cccc2c1OCCC2. The summed E-state index contributed by atoms with van der Waals surface area (Å²) in [6.07, 6.45) is 3.42. The van der Waals surface area contributed by atoms with Crippen molar-refractivity contribution in [2.45, 2.75) is 26.2 Å². The van der Waals surface area contributed by atoms with Crippen molar-refractivity contribution in [1.29, 1.82) is 0 Å². The lowest BCUT2D eigenvalue weighted by Gasteiger charge is -2.19. The maximum absolute atomic E-state index is 5.65. The molecule has 0 amide bonds. The van der Waals surface area contributed by atoms with Crippen molar-refractivity contribution in [2.24, 2.45) is 0 Å². The van der Waals surface area contributed by atoms with Gasteiger partial charge < -0.3 is 4.74 Å². The summed E-state index contributed by atoms with van der Waals surface area (Å²) in [5.74, 6) is 1.16. The topological polar surface area (TPSA) is 9.23 Å². The predicted molar refractivity (Wildman–Crippen MR) is 49.6 cm³/mol.